The van der Waals surface area contributed by atoms with Gasteiger partial charge >= 0.3 is 0 Å². The van der Waals surface area contributed by atoms with Gasteiger partial charge in [0, 0.05) is 327 Å². The number of hydrogen-bond donors (Lipinski definition) is 0. The second kappa shape index (κ2) is 59.2. The number of hydrogen-bond acceptors (Lipinski definition) is 0. The van der Waals surface area contributed by atoms with Gasteiger partial charge in [0.25, 0.3) is 0 Å². The summed E-state index contributed by atoms with van der Waals surface area (Å²) >= 11 is 0. The van der Waals surface area contributed by atoms with Gasteiger partial charge in [0.2, 0.25) is 0 Å². The van der Waals surface area contributed by atoms with Gasteiger partial charge in [-0.3, -0.25) is 0 Å². The van der Waals surface area contributed by atoms with Gasteiger partial charge in [-0.1, -0.05) is 11.5 Å². The molecule has 0 aliphatic carbocycles. The van der Waals surface area contributed by atoms with Gasteiger partial charge in [-0.05, 0) is 105 Å². The van der Waals surface area contributed by atoms with Crippen LogP contribution >= 0.6 is 0 Å². The summed E-state index contributed by atoms with van der Waals surface area (Å²) < 4.78 is 0. The van der Waals surface area contributed by atoms with Crippen LogP contribution in [0, 0.1) is 0 Å². The standard InChI is InChI=1S/C77H4/c1-3-5-7-9-11-13-15-17-19-21-23-25-27-29-31-33-35-37-39-41-43-45-47-49-51-53-55-57-59-61-63-65-67-69-71-73-75-77-76-74-72-70-68-66-64-62-60-58-56-54-52-50-48-46-44-42-40-38-36-34-32-30-28-26-24-22-20-18-16-14-12-10-8-6-4-2/h1-2H2. The van der Waals surface area contributed by atoms with Crippen LogP contribution in [-0.4, -0.2) is 0 Å². The van der Waals surface area contributed by atoms with Gasteiger partial charge < -0.3 is 0 Å². The molecule has 0 heteroatoms. The Balaban J connectivity index is 6.15. The molecule has 0 aromatic heterocycles. The van der Waals surface area contributed by atoms with Crippen LogP contribution < -0.4 is 0 Å². The van der Waals surface area contributed by atoms with E-state index in [4.69, 9.17) is 0 Å². The van der Waals surface area contributed by atoms with Gasteiger partial charge in [0.05, 0.1) is 0 Å². The van der Waals surface area contributed by atoms with Crippen LogP contribution in [0.15, 0.2) is 443 Å². The van der Waals surface area contributed by atoms with Crippen molar-refractivity contribution in [2.24, 2.45) is 0 Å². The molecule has 0 amide bonds. The third-order valence-electron chi connectivity index (χ3n) is 4.68. The van der Waals surface area contributed by atoms with Crippen LogP contribution in [0.5, 0.6) is 0 Å². The van der Waals surface area contributed by atoms with E-state index in [1.165, 1.54) is 0 Å². The molecule has 0 aliphatic heterocycles. The van der Waals surface area contributed by atoms with E-state index in [-0.39, 0.29) is 0 Å². The van der Waals surface area contributed by atoms with E-state index >= 15 is 0 Å². The Morgan fingerprint density at radius 1 is 0.0649 bits per heavy atom. The first kappa shape index (κ1) is 60.2. The molecule has 0 bridgehead atoms. The lowest BCUT2D eigenvalue weighted by molar-refractivity contribution is 2.10. The van der Waals surface area contributed by atoms with E-state index in [0.29, 0.717) is 0 Å². The summed E-state index contributed by atoms with van der Waals surface area (Å²) in [7, 11) is 0. The first-order valence-corrected chi connectivity index (χ1v) is 19.2. The highest BCUT2D eigenvalue weighted by Crippen LogP contribution is 1.64. The zero-order valence-electron chi connectivity index (χ0n) is 38.9. The molecule has 0 spiro atoms. The summed E-state index contributed by atoms with van der Waals surface area (Å²) in [5, 5.41) is 0. The predicted molar refractivity (Wildman–Crippen MR) is 275 cm³/mol. The Bertz CT molecular complexity index is 5460. The summed E-state index contributed by atoms with van der Waals surface area (Å²) in [6.45, 7) is 6.63. The van der Waals surface area contributed by atoms with E-state index < -0.39 is 0 Å². The van der Waals surface area contributed by atoms with E-state index in [1.54, 1.807) is 0 Å². The van der Waals surface area contributed by atoms with Crippen LogP contribution in [0.1, 0.15) is 0 Å². The predicted octanol–water partition coefficient (Wildman–Crippen LogP) is 12.4. The monoisotopic (exact) mass is 928 g/mol. The van der Waals surface area contributed by atoms with Gasteiger partial charge in [-0.2, -0.15) is 0 Å². The Morgan fingerprint density at radius 3 is 0.143 bits per heavy atom. The third-order valence-corrected chi connectivity index (χ3v) is 4.68. The maximum Gasteiger partial charge on any atom is 0 e. The van der Waals surface area contributed by atoms with Crippen molar-refractivity contribution in [3.63, 3.8) is 0 Å². The minimum atomic E-state index is 2.37. The molecule has 0 nitrogen and oxygen atoms in total. The fourth-order valence-corrected chi connectivity index (χ4v) is 2.31. The van der Waals surface area contributed by atoms with Gasteiger partial charge in [0.1, 0.15) is 0 Å². The van der Waals surface area contributed by atoms with Crippen molar-refractivity contribution in [3.05, 3.63) is 443 Å². The van der Waals surface area contributed by atoms with Gasteiger partial charge in [0.15, 0.2) is 0 Å². The maximum absolute atomic E-state index is 3.32. The first-order chi connectivity index (χ1) is 38.4. The molecule has 312 valence electrons. The van der Waals surface area contributed by atoms with Crippen LogP contribution in [0.3, 0.4) is 0 Å². The highest BCUT2D eigenvalue weighted by molar-refractivity contribution is 5.00. The Kier molecular flexibility index (Phi) is 46.3. The van der Waals surface area contributed by atoms with Crippen molar-refractivity contribution >= 4 is 0 Å². The quantitative estimate of drug-likeness (QED) is 0.212. The summed E-state index contributed by atoms with van der Waals surface area (Å²) in [6.07, 6.45) is 0. The maximum atomic E-state index is 3.32. The van der Waals surface area contributed by atoms with Gasteiger partial charge in [-0.25, -0.2) is 0 Å². The first-order valence-electron chi connectivity index (χ1n) is 19.2. The smallest absolute Gasteiger partial charge is 0 e. The zero-order chi connectivity index (χ0) is 55.0. The van der Waals surface area contributed by atoms with Crippen molar-refractivity contribution in [3.8, 4) is 0 Å². The van der Waals surface area contributed by atoms with Crippen LogP contribution in [-0.2, 0) is 0 Å². The fraction of sp³-hybridized carbons (Fsp3) is 0. The fourth-order valence-electron chi connectivity index (χ4n) is 2.31. The average molecular weight is 929 g/mol. The van der Waals surface area contributed by atoms with E-state index in [0.717, 1.165) is 0 Å². The Labute approximate surface area is 440 Å². The lowest BCUT2D eigenvalue weighted by Crippen LogP contribution is -1.26. The van der Waals surface area contributed by atoms with Crippen molar-refractivity contribution in [2.75, 3.05) is 0 Å². The normalized spacial score (nSPS) is 3.95. The molecule has 0 unspecified atom stereocenters. The number of rotatable bonds is 0. The molecule has 0 aliphatic rings. The largest absolute Gasteiger partial charge is 0.0687 e. The highest BCUT2D eigenvalue weighted by atomic mass is 13.5. The van der Waals surface area contributed by atoms with Crippen molar-refractivity contribution < 1.29 is 0 Å². The molecule has 0 aromatic carbocycles. The van der Waals surface area contributed by atoms with Gasteiger partial charge in [-0.15, -0.1) is 0 Å². The second-order valence-electron chi connectivity index (χ2n) is 9.48. The van der Waals surface area contributed by atoms with Crippen molar-refractivity contribution in [1.29, 1.82) is 0 Å². The molecular formula is C77H4. The summed E-state index contributed by atoms with van der Waals surface area (Å²) in [5.41, 5.74) is 187. The SMILES string of the molecule is C=C=C=C=C=C=C=C=C=C=C=C=C=C=C=C=C=C=C=C=C=C=C=C=C=C=C=C=C=C=C=C=C=C=C=C=C=C=C=C=C=C=C=C=C=C=C=C=C=C=C=C=C=C=C=C=C=C=C=C=C=C=C=C=C=C=C=C=C=C=C=C=C=C=C=C=C. The van der Waals surface area contributed by atoms with Crippen molar-refractivity contribution in [2.45, 2.75) is 0 Å². The van der Waals surface area contributed by atoms with Crippen LogP contribution in [0.4, 0.5) is 0 Å². The zero-order valence-corrected chi connectivity index (χ0v) is 38.9. The third kappa shape index (κ3) is 59.2. The highest BCUT2D eigenvalue weighted by Gasteiger charge is 1.48. The van der Waals surface area contributed by atoms with Crippen molar-refractivity contribution in [1.82, 2.24) is 0 Å². The Hall–Kier alpha value is -16.8. The molecule has 0 radical (unpaired) electrons. The van der Waals surface area contributed by atoms with E-state index in [2.05, 4.69) is 443 Å². The molecule has 0 heterocycles. The second-order valence-corrected chi connectivity index (χ2v) is 9.48. The minimum Gasteiger partial charge on any atom is -0.0687 e. The van der Waals surface area contributed by atoms with Crippen LogP contribution in [0.25, 0.3) is 0 Å². The summed E-state index contributed by atoms with van der Waals surface area (Å²) in [5.74, 6) is 0. The summed E-state index contributed by atoms with van der Waals surface area (Å²) in [4.78, 5) is 0. The molecule has 0 saturated heterocycles. The molecule has 0 saturated carbocycles. The van der Waals surface area contributed by atoms with E-state index in [9.17, 15) is 0 Å². The topological polar surface area (TPSA) is 0 Å². The van der Waals surface area contributed by atoms with Crippen LogP contribution in [0.2, 0.25) is 0 Å². The molecule has 0 N–H and O–H groups in total. The molecule has 0 aromatic rings. The lowest BCUT2D eigenvalue weighted by Gasteiger charge is -1.41. The molecule has 0 fully saturated rings. The van der Waals surface area contributed by atoms with E-state index in [1.807, 2.05) is 0 Å². The molecular weight excluding hydrogens is 925 g/mol. The minimum absolute atomic E-state index is 2.37. The summed E-state index contributed by atoms with van der Waals surface area (Å²) in [6, 6.07) is 0. The Morgan fingerprint density at radius 2 is 0.104 bits per heavy atom. The lowest BCUT2D eigenvalue weighted by atomic mass is 10.6. The molecule has 77 heavy (non-hydrogen) atoms. The molecule has 0 atom stereocenters. The molecule has 0 rings (SSSR count). The average Bonchev–Trinajstić information content (AvgIpc) is 3.44.